The predicted molar refractivity (Wildman–Crippen MR) is 71.2 cm³/mol. The second-order valence-corrected chi connectivity index (χ2v) is 4.73. The molecular weight excluding hydrogens is 210 g/mol. The largest absolute Gasteiger partial charge is 0.294 e. The van der Waals surface area contributed by atoms with Gasteiger partial charge in [0.05, 0.1) is 0 Å². The van der Waals surface area contributed by atoms with E-state index in [1.165, 1.54) is 12.8 Å². The molecule has 17 heavy (non-hydrogen) atoms. The van der Waals surface area contributed by atoms with E-state index < -0.39 is 0 Å². The molecule has 94 valence electrons. The Bertz CT molecular complexity index is 342. The molecule has 0 aromatic carbocycles. The fraction of sp³-hybridized carbons (Fsp3) is 0.600. The van der Waals surface area contributed by atoms with E-state index in [1.54, 1.807) is 6.20 Å². The number of ketones is 1. The number of carbonyl (C=O) groups excluding carboxylic acids is 1. The summed E-state index contributed by atoms with van der Waals surface area (Å²) in [5.74, 6) is 0.768. The average molecular weight is 233 g/mol. The van der Waals surface area contributed by atoms with Crippen molar-refractivity contribution >= 4 is 5.78 Å². The van der Waals surface area contributed by atoms with Gasteiger partial charge in [0.25, 0.3) is 0 Å². The molecule has 1 heterocycles. The van der Waals surface area contributed by atoms with Gasteiger partial charge in [-0.15, -0.1) is 0 Å². The first-order chi connectivity index (χ1) is 8.17. The van der Waals surface area contributed by atoms with Gasteiger partial charge in [0.1, 0.15) is 0 Å². The quantitative estimate of drug-likeness (QED) is 0.661. The van der Waals surface area contributed by atoms with E-state index in [0.717, 1.165) is 24.1 Å². The highest BCUT2D eigenvalue weighted by Crippen LogP contribution is 2.19. The van der Waals surface area contributed by atoms with Crippen molar-refractivity contribution in [1.29, 1.82) is 0 Å². The predicted octanol–water partition coefficient (Wildman–Crippen LogP) is 4.18. The van der Waals surface area contributed by atoms with Crippen molar-refractivity contribution in [3.05, 3.63) is 29.6 Å². The Balaban J connectivity index is 2.54. The van der Waals surface area contributed by atoms with Crippen LogP contribution in [0, 0.1) is 12.8 Å². The van der Waals surface area contributed by atoms with Gasteiger partial charge >= 0.3 is 0 Å². The fourth-order valence-corrected chi connectivity index (χ4v) is 1.96. The third kappa shape index (κ3) is 4.68. The number of nitrogens with zero attached hydrogens (tertiary/aromatic N) is 1. The SMILES string of the molecule is CCCCC(CC)CC(=O)c1ccc(C)nc1. The molecule has 1 unspecified atom stereocenters. The molecule has 0 saturated carbocycles. The van der Waals surface area contributed by atoms with Crippen molar-refractivity contribution in [2.24, 2.45) is 5.92 Å². The summed E-state index contributed by atoms with van der Waals surface area (Å²) < 4.78 is 0. The maximum absolute atomic E-state index is 12.0. The van der Waals surface area contributed by atoms with Gasteiger partial charge in [0.15, 0.2) is 5.78 Å². The van der Waals surface area contributed by atoms with Crippen molar-refractivity contribution in [3.8, 4) is 0 Å². The number of aromatic nitrogens is 1. The minimum absolute atomic E-state index is 0.237. The summed E-state index contributed by atoms with van der Waals surface area (Å²) in [7, 11) is 0. The Hall–Kier alpha value is -1.18. The molecule has 1 rings (SSSR count). The summed E-state index contributed by atoms with van der Waals surface area (Å²) in [6, 6.07) is 3.79. The van der Waals surface area contributed by atoms with Gasteiger partial charge in [-0.25, -0.2) is 0 Å². The number of unbranched alkanes of at least 4 members (excludes halogenated alkanes) is 1. The highest BCUT2D eigenvalue weighted by atomic mass is 16.1. The Morgan fingerprint density at radius 3 is 2.65 bits per heavy atom. The molecule has 0 spiro atoms. The lowest BCUT2D eigenvalue weighted by atomic mass is 9.92. The van der Waals surface area contributed by atoms with E-state index in [-0.39, 0.29) is 5.78 Å². The van der Waals surface area contributed by atoms with E-state index in [1.807, 2.05) is 19.1 Å². The summed E-state index contributed by atoms with van der Waals surface area (Å²) in [6.45, 7) is 6.30. The number of rotatable bonds is 7. The first-order valence-corrected chi connectivity index (χ1v) is 6.63. The molecule has 0 aliphatic heterocycles. The van der Waals surface area contributed by atoms with E-state index in [4.69, 9.17) is 0 Å². The van der Waals surface area contributed by atoms with Gasteiger partial charge in [-0.1, -0.05) is 39.5 Å². The molecule has 0 aliphatic carbocycles. The van der Waals surface area contributed by atoms with Crippen molar-refractivity contribution in [2.75, 3.05) is 0 Å². The normalized spacial score (nSPS) is 12.4. The topological polar surface area (TPSA) is 30.0 Å². The monoisotopic (exact) mass is 233 g/mol. The smallest absolute Gasteiger partial charge is 0.164 e. The van der Waals surface area contributed by atoms with Gasteiger partial charge in [-0.05, 0) is 25.0 Å². The Morgan fingerprint density at radius 1 is 1.35 bits per heavy atom. The van der Waals surface area contributed by atoms with Crippen LogP contribution in [-0.2, 0) is 0 Å². The molecule has 0 fully saturated rings. The highest BCUT2D eigenvalue weighted by molar-refractivity contribution is 5.95. The van der Waals surface area contributed by atoms with Crippen molar-refractivity contribution in [1.82, 2.24) is 4.98 Å². The van der Waals surface area contributed by atoms with Crippen LogP contribution in [-0.4, -0.2) is 10.8 Å². The van der Waals surface area contributed by atoms with Crippen LogP contribution >= 0.6 is 0 Å². The van der Waals surface area contributed by atoms with Crippen molar-refractivity contribution < 1.29 is 4.79 Å². The molecule has 0 radical (unpaired) electrons. The highest BCUT2D eigenvalue weighted by Gasteiger charge is 2.13. The summed E-state index contributed by atoms with van der Waals surface area (Å²) in [6.07, 6.45) is 7.04. The van der Waals surface area contributed by atoms with Crippen LogP contribution in [0.15, 0.2) is 18.3 Å². The Labute approximate surface area is 104 Å². The third-order valence-corrected chi connectivity index (χ3v) is 3.25. The maximum Gasteiger partial charge on any atom is 0.164 e. The standard InChI is InChI=1S/C15H23NO/c1-4-6-7-13(5-2)10-15(17)14-9-8-12(3)16-11-14/h8-9,11,13H,4-7,10H2,1-3H3. The lowest BCUT2D eigenvalue weighted by Crippen LogP contribution is -2.08. The second-order valence-electron chi connectivity index (χ2n) is 4.73. The van der Waals surface area contributed by atoms with Crippen molar-refractivity contribution in [3.63, 3.8) is 0 Å². The zero-order chi connectivity index (χ0) is 12.7. The zero-order valence-electron chi connectivity index (χ0n) is 11.2. The van der Waals surface area contributed by atoms with Gasteiger partial charge in [-0.2, -0.15) is 0 Å². The minimum atomic E-state index is 0.237. The summed E-state index contributed by atoms with van der Waals surface area (Å²) in [5, 5.41) is 0. The van der Waals surface area contributed by atoms with Crippen LogP contribution < -0.4 is 0 Å². The number of aryl methyl sites for hydroxylation is 1. The summed E-state index contributed by atoms with van der Waals surface area (Å²) in [4.78, 5) is 16.2. The number of Topliss-reactive ketones (excluding diaryl/α,β-unsaturated/α-hetero) is 1. The summed E-state index contributed by atoms with van der Waals surface area (Å²) >= 11 is 0. The van der Waals surface area contributed by atoms with Gasteiger partial charge < -0.3 is 0 Å². The van der Waals surface area contributed by atoms with Crippen LogP contribution in [0.25, 0.3) is 0 Å². The third-order valence-electron chi connectivity index (χ3n) is 3.25. The Kier molecular flexibility index (Phi) is 5.88. The molecule has 2 nitrogen and oxygen atoms in total. The van der Waals surface area contributed by atoms with Crippen LogP contribution in [0.1, 0.15) is 62.0 Å². The van der Waals surface area contributed by atoms with Crippen LogP contribution in [0.4, 0.5) is 0 Å². The maximum atomic E-state index is 12.0. The van der Waals surface area contributed by atoms with E-state index >= 15 is 0 Å². The molecular formula is C15H23NO. The number of hydrogen-bond donors (Lipinski definition) is 0. The van der Waals surface area contributed by atoms with Gasteiger partial charge in [0.2, 0.25) is 0 Å². The summed E-state index contributed by atoms with van der Waals surface area (Å²) in [5.41, 5.74) is 1.71. The molecule has 0 aliphatic rings. The molecule has 0 N–H and O–H groups in total. The zero-order valence-corrected chi connectivity index (χ0v) is 11.2. The van der Waals surface area contributed by atoms with E-state index in [2.05, 4.69) is 18.8 Å². The average Bonchev–Trinajstić information content (AvgIpc) is 2.35. The van der Waals surface area contributed by atoms with Gasteiger partial charge in [-0.3, -0.25) is 9.78 Å². The van der Waals surface area contributed by atoms with E-state index in [9.17, 15) is 4.79 Å². The molecule has 1 aromatic rings. The van der Waals surface area contributed by atoms with Crippen molar-refractivity contribution in [2.45, 2.75) is 52.9 Å². The first-order valence-electron chi connectivity index (χ1n) is 6.63. The molecule has 0 amide bonds. The first kappa shape index (κ1) is 13.9. The van der Waals surface area contributed by atoms with E-state index in [0.29, 0.717) is 12.3 Å². The molecule has 1 aromatic heterocycles. The molecule has 0 saturated heterocycles. The number of hydrogen-bond acceptors (Lipinski definition) is 2. The number of carbonyl (C=O) groups is 1. The van der Waals surface area contributed by atoms with Gasteiger partial charge in [0, 0.05) is 23.9 Å². The number of pyridine rings is 1. The molecule has 0 bridgehead atoms. The molecule has 2 heteroatoms. The Morgan fingerprint density at radius 2 is 2.12 bits per heavy atom. The lowest BCUT2D eigenvalue weighted by molar-refractivity contribution is 0.0956. The van der Waals surface area contributed by atoms with Crippen LogP contribution in [0.2, 0.25) is 0 Å². The minimum Gasteiger partial charge on any atom is -0.294 e. The van der Waals surface area contributed by atoms with Crippen LogP contribution in [0.3, 0.4) is 0 Å². The second kappa shape index (κ2) is 7.21. The van der Waals surface area contributed by atoms with Crippen LogP contribution in [0.5, 0.6) is 0 Å². The fourth-order valence-electron chi connectivity index (χ4n) is 1.96. The lowest BCUT2D eigenvalue weighted by Gasteiger charge is -2.13. The molecule has 1 atom stereocenters.